The van der Waals surface area contributed by atoms with Crippen LogP contribution in [0.3, 0.4) is 0 Å². The Morgan fingerprint density at radius 3 is 3.11 bits per heavy atom. The Morgan fingerprint density at radius 1 is 1.47 bits per heavy atom. The van der Waals surface area contributed by atoms with E-state index in [-0.39, 0.29) is 0 Å². The van der Waals surface area contributed by atoms with Crippen molar-refractivity contribution in [3.63, 3.8) is 0 Å². The monoisotopic (exact) mass is 259 g/mol. The highest BCUT2D eigenvalue weighted by molar-refractivity contribution is 5.70. The number of imidazole rings is 1. The molecule has 3 heterocycles. The van der Waals surface area contributed by atoms with Gasteiger partial charge in [-0.3, -0.25) is 4.68 Å². The molecule has 2 aromatic heterocycles. The quantitative estimate of drug-likeness (QED) is 0.920. The van der Waals surface area contributed by atoms with Gasteiger partial charge in [0.15, 0.2) is 0 Å². The van der Waals surface area contributed by atoms with Gasteiger partial charge < -0.3 is 10.3 Å². The molecule has 1 atom stereocenters. The molecule has 1 aliphatic heterocycles. The van der Waals surface area contributed by atoms with E-state index in [1.807, 2.05) is 17.1 Å². The van der Waals surface area contributed by atoms with Gasteiger partial charge >= 0.3 is 0 Å². The lowest BCUT2D eigenvalue weighted by atomic mass is 10.0. The Kier molecular flexibility index (Phi) is 3.05. The summed E-state index contributed by atoms with van der Waals surface area (Å²) in [6.07, 6.45) is 7.19. The van der Waals surface area contributed by atoms with E-state index in [1.165, 1.54) is 6.42 Å². The van der Waals surface area contributed by atoms with E-state index in [4.69, 9.17) is 10.7 Å². The van der Waals surface area contributed by atoms with Crippen LogP contribution in [0.5, 0.6) is 0 Å². The number of anilines is 1. The second kappa shape index (κ2) is 4.72. The Balaban J connectivity index is 1.96. The van der Waals surface area contributed by atoms with Crippen molar-refractivity contribution in [2.75, 3.05) is 5.73 Å². The number of hydrogen-bond acceptors (Lipinski definition) is 3. The van der Waals surface area contributed by atoms with Crippen molar-refractivity contribution in [1.29, 1.82) is 0 Å². The third-order valence-corrected chi connectivity index (χ3v) is 3.82. The normalized spacial score (nSPS) is 18.5. The minimum Gasteiger partial charge on any atom is -0.383 e. The molecule has 0 amide bonds. The van der Waals surface area contributed by atoms with Crippen LogP contribution in [0.4, 0.5) is 5.82 Å². The maximum atomic E-state index is 6.25. The summed E-state index contributed by atoms with van der Waals surface area (Å²) in [7, 11) is 0. The van der Waals surface area contributed by atoms with Crippen LogP contribution in [-0.2, 0) is 19.5 Å². The van der Waals surface area contributed by atoms with Gasteiger partial charge in [0.25, 0.3) is 0 Å². The number of nitrogens with two attached hydrogens (primary N) is 1. The maximum Gasteiger partial charge on any atom is 0.131 e. The van der Waals surface area contributed by atoms with Crippen LogP contribution in [0.15, 0.2) is 12.4 Å². The molecule has 0 radical (unpaired) electrons. The van der Waals surface area contributed by atoms with E-state index < -0.39 is 0 Å². The van der Waals surface area contributed by atoms with E-state index in [1.54, 1.807) is 0 Å². The number of aryl methyl sites for hydroxylation is 1. The van der Waals surface area contributed by atoms with E-state index >= 15 is 0 Å². The molecule has 2 N–H and O–H groups in total. The summed E-state index contributed by atoms with van der Waals surface area (Å²) in [6.45, 7) is 6.34. The van der Waals surface area contributed by atoms with Crippen LogP contribution in [0.1, 0.15) is 32.5 Å². The molecule has 0 fully saturated rings. The van der Waals surface area contributed by atoms with Gasteiger partial charge in [-0.15, -0.1) is 0 Å². The second-order valence-corrected chi connectivity index (χ2v) is 5.50. The maximum absolute atomic E-state index is 6.25. The summed E-state index contributed by atoms with van der Waals surface area (Å²) in [6, 6.07) is 0. The summed E-state index contributed by atoms with van der Waals surface area (Å²) in [4.78, 5) is 4.73. The molecule has 0 saturated heterocycles. The summed E-state index contributed by atoms with van der Waals surface area (Å²) in [5.41, 5.74) is 8.17. The van der Waals surface area contributed by atoms with E-state index in [2.05, 4.69) is 23.5 Å². The van der Waals surface area contributed by atoms with Gasteiger partial charge in [-0.25, -0.2) is 4.98 Å². The smallest absolute Gasteiger partial charge is 0.131 e. The molecule has 0 bridgehead atoms. The minimum atomic E-state index is 0.699. The van der Waals surface area contributed by atoms with Crippen LogP contribution in [0.2, 0.25) is 0 Å². The molecular formula is C14H21N5. The first-order chi connectivity index (χ1) is 9.19. The lowest BCUT2D eigenvalue weighted by Crippen LogP contribution is -2.18. The fourth-order valence-corrected chi connectivity index (χ4v) is 2.73. The van der Waals surface area contributed by atoms with Crippen LogP contribution in [0, 0.1) is 5.92 Å². The fourth-order valence-electron chi connectivity index (χ4n) is 2.73. The van der Waals surface area contributed by atoms with Crippen molar-refractivity contribution in [3.8, 4) is 11.3 Å². The Hall–Kier alpha value is -1.78. The first kappa shape index (κ1) is 12.3. The van der Waals surface area contributed by atoms with Crippen LogP contribution in [-0.4, -0.2) is 19.3 Å². The van der Waals surface area contributed by atoms with Gasteiger partial charge in [0.2, 0.25) is 0 Å². The lowest BCUT2D eigenvalue weighted by molar-refractivity contribution is 0.412. The molecular weight excluding hydrogens is 238 g/mol. The Morgan fingerprint density at radius 2 is 2.32 bits per heavy atom. The van der Waals surface area contributed by atoms with Gasteiger partial charge in [-0.2, -0.15) is 5.10 Å². The van der Waals surface area contributed by atoms with Gasteiger partial charge in [-0.05, 0) is 18.8 Å². The van der Waals surface area contributed by atoms with Gasteiger partial charge in [0.05, 0.1) is 6.20 Å². The molecule has 0 aliphatic carbocycles. The van der Waals surface area contributed by atoms with Crippen molar-refractivity contribution in [3.05, 3.63) is 18.2 Å². The van der Waals surface area contributed by atoms with Crippen molar-refractivity contribution >= 4 is 5.82 Å². The highest BCUT2D eigenvalue weighted by atomic mass is 15.3. The summed E-state index contributed by atoms with van der Waals surface area (Å²) in [5.74, 6) is 2.61. The van der Waals surface area contributed by atoms with Crippen LogP contribution in [0.25, 0.3) is 11.3 Å². The number of fused-ring (bicyclic) bond motifs is 1. The van der Waals surface area contributed by atoms with Crippen molar-refractivity contribution in [2.24, 2.45) is 5.92 Å². The summed E-state index contributed by atoms with van der Waals surface area (Å²) in [5, 5.41) is 4.36. The van der Waals surface area contributed by atoms with Crippen molar-refractivity contribution < 1.29 is 0 Å². The molecule has 0 spiro atoms. The average Bonchev–Trinajstić information content (AvgIpc) is 2.95. The third-order valence-electron chi connectivity index (χ3n) is 3.82. The fraction of sp³-hybridized carbons (Fsp3) is 0.571. The molecule has 0 saturated carbocycles. The topological polar surface area (TPSA) is 61.7 Å². The predicted octanol–water partition coefficient (Wildman–Crippen LogP) is 2.32. The highest BCUT2D eigenvalue weighted by Crippen LogP contribution is 2.30. The highest BCUT2D eigenvalue weighted by Gasteiger charge is 2.22. The number of rotatable bonds is 3. The molecule has 5 heteroatoms. The third kappa shape index (κ3) is 2.13. The first-order valence-corrected chi connectivity index (χ1v) is 7.06. The Labute approximate surface area is 113 Å². The molecule has 3 rings (SSSR count). The standard InChI is InChI=1S/C14H21N5/c1-3-5-18-9-11(8-16-18)13-14(15)19-6-4-10(2)7-12(19)17-13/h8-10H,3-7,15H2,1-2H3. The zero-order valence-electron chi connectivity index (χ0n) is 11.6. The van der Waals surface area contributed by atoms with Crippen LogP contribution < -0.4 is 5.73 Å². The minimum absolute atomic E-state index is 0.699. The zero-order valence-corrected chi connectivity index (χ0v) is 11.6. The molecule has 0 aromatic carbocycles. The molecule has 102 valence electrons. The second-order valence-electron chi connectivity index (χ2n) is 5.50. The largest absolute Gasteiger partial charge is 0.383 e. The number of nitrogen functional groups attached to an aromatic ring is 1. The average molecular weight is 259 g/mol. The zero-order chi connectivity index (χ0) is 13.4. The van der Waals surface area contributed by atoms with Crippen LogP contribution >= 0.6 is 0 Å². The number of aromatic nitrogens is 4. The van der Waals surface area contributed by atoms with Gasteiger partial charge in [0.1, 0.15) is 17.3 Å². The SMILES string of the molecule is CCCn1cc(-c2nc3n(c2N)CCC(C)C3)cn1. The summed E-state index contributed by atoms with van der Waals surface area (Å²) < 4.78 is 4.11. The van der Waals surface area contributed by atoms with E-state index in [0.717, 1.165) is 48.8 Å². The van der Waals surface area contributed by atoms with Crippen molar-refractivity contribution in [2.45, 2.75) is 46.2 Å². The number of hydrogen-bond donors (Lipinski definition) is 1. The predicted molar refractivity (Wildman–Crippen MR) is 75.6 cm³/mol. The number of nitrogens with zero attached hydrogens (tertiary/aromatic N) is 4. The molecule has 2 aromatic rings. The van der Waals surface area contributed by atoms with Crippen molar-refractivity contribution in [1.82, 2.24) is 19.3 Å². The van der Waals surface area contributed by atoms with Gasteiger partial charge in [-0.1, -0.05) is 13.8 Å². The molecule has 19 heavy (non-hydrogen) atoms. The van der Waals surface area contributed by atoms with E-state index in [0.29, 0.717) is 5.92 Å². The first-order valence-electron chi connectivity index (χ1n) is 7.06. The Bertz CT molecular complexity index is 581. The molecule has 1 aliphatic rings. The molecule has 5 nitrogen and oxygen atoms in total. The van der Waals surface area contributed by atoms with E-state index in [9.17, 15) is 0 Å². The lowest BCUT2D eigenvalue weighted by Gasteiger charge is -2.20. The van der Waals surface area contributed by atoms with Gasteiger partial charge in [0, 0.05) is 31.3 Å². The summed E-state index contributed by atoms with van der Waals surface area (Å²) >= 11 is 0. The molecule has 1 unspecified atom stereocenters.